The van der Waals surface area contributed by atoms with Crippen molar-refractivity contribution in [3.63, 3.8) is 0 Å². The van der Waals surface area contributed by atoms with Crippen LogP contribution in [0.4, 0.5) is 0 Å². The molecule has 35 heavy (non-hydrogen) atoms. The number of rotatable bonds is 17. The minimum Gasteiger partial charge on any atom is -0.456 e. The SMILES string of the molecule is CC[Si](C)(O[Si](C)(C)C)O[Si](C)(COC)O[Si](C)(C[Si](C)(C)O[Si](C)(C)C)O[Si](C)(C)C[Si](C)=O. The maximum absolute atomic E-state index is 12.2. The van der Waals surface area contributed by atoms with Crippen molar-refractivity contribution in [2.24, 2.45) is 0 Å². The van der Waals surface area contributed by atoms with Crippen LogP contribution in [0.1, 0.15) is 6.92 Å². The Balaban J connectivity index is 6.35. The Labute approximate surface area is 225 Å². The Hall–Kier alpha value is 1.30. The maximum atomic E-state index is 12.2. The van der Waals surface area contributed by atoms with Crippen LogP contribution in [0.15, 0.2) is 0 Å². The highest BCUT2D eigenvalue weighted by Gasteiger charge is 2.53. The van der Waals surface area contributed by atoms with Crippen LogP contribution in [-0.4, -0.2) is 81.0 Å². The van der Waals surface area contributed by atoms with Crippen molar-refractivity contribution in [3.05, 3.63) is 0 Å². The third kappa shape index (κ3) is 16.1. The summed E-state index contributed by atoms with van der Waals surface area (Å²) in [6.07, 6.45) is 0.416. The van der Waals surface area contributed by atoms with Gasteiger partial charge in [0.15, 0.2) is 33.3 Å². The van der Waals surface area contributed by atoms with Crippen LogP contribution in [0.2, 0.25) is 109 Å². The van der Waals surface area contributed by atoms with Crippen LogP contribution in [0, 0.1) is 0 Å². The van der Waals surface area contributed by atoms with Crippen molar-refractivity contribution in [1.29, 1.82) is 0 Å². The summed E-state index contributed by atoms with van der Waals surface area (Å²) in [4.78, 5) is 0. The standard InChI is InChI=1S/C20H56O7Si8/c1-17-33(14,24-30(7,8)9)26-34(15,18-22-2)27-35(16,25-31(10,11)19-28(3)21)20-32(12,13)23-29(4,5)6/h17-20H2,1-16H3. The van der Waals surface area contributed by atoms with Gasteiger partial charge in [-0.15, -0.1) is 0 Å². The van der Waals surface area contributed by atoms with E-state index in [4.69, 9.17) is 25.3 Å². The molecule has 3 atom stereocenters. The van der Waals surface area contributed by atoms with Gasteiger partial charge in [-0.1, -0.05) is 6.92 Å². The Morgan fingerprint density at radius 2 is 1.06 bits per heavy atom. The monoisotopic (exact) mass is 632 g/mol. The van der Waals surface area contributed by atoms with Gasteiger partial charge in [0.2, 0.25) is 0 Å². The molecule has 0 spiro atoms. The minimum absolute atomic E-state index is 0.416. The lowest BCUT2D eigenvalue weighted by Crippen LogP contribution is -2.65. The van der Waals surface area contributed by atoms with Crippen LogP contribution < -0.4 is 0 Å². The van der Waals surface area contributed by atoms with E-state index in [9.17, 15) is 4.46 Å². The highest BCUT2D eigenvalue weighted by molar-refractivity contribution is 6.99. The van der Waals surface area contributed by atoms with E-state index in [-0.39, 0.29) is 0 Å². The fourth-order valence-electron chi connectivity index (χ4n) is 5.02. The summed E-state index contributed by atoms with van der Waals surface area (Å²) in [5.74, 6) is 0. The number of hydrogen-bond donors (Lipinski definition) is 0. The first kappa shape index (κ1) is 36.3. The first-order valence-corrected chi connectivity index (χ1v) is 35.5. The molecule has 0 aromatic heterocycles. The average molecular weight is 633 g/mol. The molecule has 0 saturated heterocycles. The normalized spacial score (nSPS) is 19.1. The second-order valence-electron chi connectivity index (χ2n) is 13.5. The van der Waals surface area contributed by atoms with Crippen LogP contribution >= 0.6 is 0 Å². The van der Waals surface area contributed by atoms with Crippen LogP contribution in [0.5, 0.6) is 0 Å². The van der Waals surface area contributed by atoms with Gasteiger partial charge < -0.3 is 29.8 Å². The van der Waals surface area contributed by atoms with E-state index in [0.717, 1.165) is 11.7 Å². The molecular weight excluding hydrogens is 577 g/mol. The van der Waals surface area contributed by atoms with E-state index in [2.05, 4.69) is 92.0 Å². The first-order valence-electron chi connectivity index (χ1n) is 12.8. The van der Waals surface area contributed by atoms with Crippen molar-refractivity contribution in [1.82, 2.24) is 0 Å². The summed E-state index contributed by atoms with van der Waals surface area (Å²) in [6, 6.07) is 0.850. The van der Waals surface area contributed by atoms with Gasteiger partial charge in [0.1, 0.15) is 0 Å². The van der Waals surface area contributed by atoms with E-state index < -0.39 is 67.6 Å². The Morgan fingerprint density at radius 3 is 1.43 bits per heavy atom. The quantitative estimate of drug-likeness (QED) is 0.165. The summed E-state index contributed by atoms with van der Waals surface area (Å²) in [5.41, 5.74) is 1.46. The molecule has 7 nitrogen and oxygen atoms in total. The Kier molecular flexibility index (Phi) is 13.6. The number of methoxy groups -OCH3 is 1. The van der Waals surface area contributed by atoms with E-state index in [1.54, 1.807) is 7.11 Å². The predicted octanol–water partition coefficient (Wildman–Crippen LogP) is 6.70. The molecule has 0 radical (unpaired) electrons. The third-order valence-corrected chi connectivity index (χ3v) is 38.1. The second kappa shape index (κ2) is 13.1. The largest absolute Gasteiger partial charge is 0.456 e. The fraction of sp³-hybridized carbons (Fsp3) is 1.00. The molecule has 15 heteroatoms. The summed E-state index contributed by atoms with van der Waals surface area (Å²) >= 11 is 0. The van der Waals surface area contributed by atoms with Gasteiger partial charge in [-0.25, -0.2) is 0 Å². The molecule has 3 unspecified atom stereocenters. The highest BCUT2D eigenvalue weighted by Crippen LogP contribution is 2.34. The van der Waals surface area contributed by atoms with Gasteiger partial charge in [-0.05, 0) is 97.7 Å². The minimum atomic E-state index is -2.84. The van der Waals surface area contributed by atoms with E-state index in [1.165, 1.54) is 0 Å². The van der Waals surface area contributed by atoms with E-state index >= 15 is 0 Å². The molecule has 0 amide bonds. The van der Waals surface area contributed by atoms with Crippen molar-refractivity contribution in [3.8, 4) is 0 Å². The lowest BCUT2D eigenvalue weighted by Gasteiger charge is -2.46. The molecule has 0 aromatic rings. The first-order chi connectivity index (χ1) is 15.3. The smallest absolute Gasteiger partial charge is 0.344 e. The van der Waals surface area contributed by atoms with Crippen molar-refractivity contribution in [2.45, 2.75) is 116 Å². The zero-order valence-corrected chi connectivity index (χ0v) is 33.7. The molecule has 210 valence electrons. The van der Waals surface area contributed by atoms with Crippen molar-refractivity contribution < 1.29 is 29.8 Å². The van der Waals surface area contributed by atoms with Crippen molar-refractivity contribution in [2.75, 3.05) is 13.3 Å². The summed E-state index contributed by atoms with van der Waals surface area (Å²) in [6.45, 7) is 32.6. The molecule has 0 aliphatic heterocycles. The van der Waals surface area contributed by atoms with Crippen LogP contribution in [0.3, 0.4) is 0 Å². The van der Waals surface area contributed by atoms with Crippen molar-refractivity contribution >= 4 is 67.6 Å². The maximum Gasteiger partial charge on any atom is 0.344 e. The number of ether oxygens (including phenoxy) is 1. The zero-order chi connectivity index (χ0) is 28.1. The predicted molar refractivity (Wildman–Crippen MR) is 166 cm³/mol. The van der Waals surface area contributed by atoms with Gasteiger partial charge in [-0.3, -0.25) is 0 Å². The third-order valence-electron chi connectivity index (χ3n) is 4.93. The molecule has 0 N–H and O–H groups in total. The topological polar surface area (TPSA) is 72.5 Å². The molecule has 0 saturated carbocycles. The molecule has 0 bridgehead atoms. The summed E-state index contributed by atoms with van der Waals surface area (Å²) < 4.78 is 52.4. The van der Waals surface area contributed by atoms with Gasteiger partial charge in [0.25, 0.3) is 8.68 Å². The van der Waals surface area contributed by atoms with Crippen LogP contribution in [0.25, 0.3) is 0 Å². The Morgan fingerprint density at radius 1 is 0.600 bits per heavy atom. The van der Waals surface area contributed by atoms with E-state index in [0.29, 0.717) is 11.9 Å². The molecule has 0 aromatic carbocycles. The molecule has 0 heterocycles. The van der Waals surface area contributed by atoms with Crippen LogP contribution in [-0.2, 0) is 29.8 Å². The zero-order valence-electron chi connectivity index (χ0n) is 25.7. The lowest BCUT2D eigenvalue weighted by molar-refractivity contribution is 0.191. The van der Waals surface area contributed by atoms with Gasteiger partial charge in [0, 0.05) is 18.4 Å². The molecule has 0 rings (SSSR count). The summed E-state index contributed by atoms with van der Waals surface area (Å²) in [7, 11) is -15.9. The Bertz CT molecular complexity index is 698. The van der Waals surface area contributed by atoms with Gasteiger partial charge >= 0.3 is 25.7 Å². The average Bonchev–Trinajstić information content (AvgIpc) is 2.46. The highest BCUT2D eigenvalue weighted by atomic mass is 28.5. The fourth-order valence-corrected chi connectivity index (χ4v) is 47.3. The molecule has 0 fully saturated rings. The molecular formula is C20H56O7Si8. The lowest BCUT2D eigenvalue weighted by atomic mass is 11.0. The van der Waals surface area contributed by atoms with Gasteiger partial charge in [-0.2, -0.15) is 0 Å². The molecule has 0 aliphatic carbocycles. The van der Waals surface area contributed by atoms with E-state index in [1.807, 2.05) is 6.55 Å². The van der Waals surface area contributed by atoms with Gasteiger partial charge in [0.05, 0.1) is 6.23 Å². The number of hydrogen-bond acceptors (Lipinski definition) is 7. The molecule has 0 aliphatic rings. The second-order valence-corrected chi connectivity index (χ2v) is 45.1. The summed E-state index contributed by atoms with van der Waals surface area (Å²) in [5, 5.41) is 0.